The molecule has 0 aliphatic carbocycles. The Kier molecular flexibility index (Phi) is 11.5. The van der Waals surface area contributed by atoms with Gasteiger partial charge in [-0.3, -0.25) is 4.79 Å². The van der Waals surface area contributed by atoms with Gasteiger partial charge in [0.25, 0.3) is 0 Å². The van der Waals surface area contributed by atoms with E-state index >= 15 is 0 Å². The van der Waals surface area contributed by atoms with Gasteiger partial charge in [0.1, 0.15) is 18.2 Å². The van der Waals surface area contributed by atoms with Gasteiger partial charge < -0.3 is 30.2 Å². The minimum atomic E-state index is -0.918. The van der Waals surface area contributed by atoms with Crippen LogP contribution < -0.4 is 16.0 Å². The van der Waals surface area contributed by atoms with Crippen molar-refractivity contribution in [2.24, 2.45) is 0 Å². The van der Waals surface area contributed by atoms with Gasteiger partial charge in [-0.2, -0.15) is 0 Å². The number of rotatable bonds is 11. The van der Waals surface area contributed by atoms with Gasteiger partial charge >= 0.3 is 18.2 Å². The Hall–Kier alpha value is -4.86. The molecule has 0 spiro atoms. The van der Waals surface area contributed by atoms with Crippen molar-refractivity contribution in [1.82, 2.24) is 10.6 Å². The van der Waals surface area contributed by atoms with Gasteiger partial charge in [-0.05, 0) is 74.6 Å². The minimum Gasteiger partial charge on any atom is -0.465 e. The second-order valence-corrected chi connectivity index (χ2v) is 10.5. The smallest absolute Gasteiger partial charge is 0.408 e. The van der Waals surface area contributed by atoms with Crippen LogP contribution in [0.25, 0.3) is 11.1 Å². The van der Waals surface area contributed by atoms with Gasteiger partial charge in [0.05, 0.1) is 12.7 Å². The number of hydrogen-bond donors (Lipinski definition) is 3. The highest BCUT2D eigenvalue weighted by Gasteiger charge is 2.24. The largest absolute Gasteiger partial charge is 0.465 e. The SMILES string of the molecule is COC(=O)c1cccc(-c2ccc(NC(=O)[C@H](CCCNC(=O)OCc3ccccc3)NC(=O)OC(C)(C)C)cc2)c1. The number of methoxy groups -OCH3 is 1. The molecule has 0 aliphatic rings. The first-order valence-electron chi connectivity index (χ1n) is 13.6. The fourth-order valence-corrected chi connectivity index (χ4v) is 3.91. The van der Waals surface area contributed by atoms with E-state index in [2.05, 4.69) is 16.0 Å². The quantitative estimate of drug-likeness (QED) is 0.152. The van der Waals surface area contributed by atoms with Crippen molar-refractivity contribution in [3.05, 3.63) is 90.0 Å². The van der Waals surface area contributed by atoms with E-state index in [1.165, 1.54) is 7.11 Å². The maximum atomic E-state index is 13.2. The average Bonchev–Trinajstić information content (AvgIpc) is 2.97. The van der Waals surface area contributed by atoms with E-state index in [9.17, 15) is 19.2 Å². The molecule has 42 heavy (non-hydrogen) atoms. The number of anilines is 1. The average molecular weight is 576 g/mol. The fourth-order valence-electron chi connectivity index (χ4n) is 3.91. The van der Waals surface area contributed by atoms with Crippen LogP contribution >= 0.6 is 0 Å². The summed E-state index contributed by atoms with van der Waals surface area (Å²) < 4.78 is 15.3. The first kappa shape index (κ1) is 31.7. The van der Waals surface area contributed by atoms with E-state index in [1.807, 2.05) is 48.5 Å². The summed E-state index contributed by atoms with van der Waals surface area (Å²) in [5.41, 5.74) is 2.74. The van der Waals surface area contributed by atoms with E-state index in [0.29, 0.717) is 17.7 Å². The number of amides is 3. The Labute approximate surface area is 245 Å². The van der Waals surface area contributed by atoms with Gasteiger partial charge in [-0.1, -0.05) is 54.6 Å². The molecule has 10 nitrogen and oxygen atoms in total. The van der Waals surface area contributed by atoms with E-state index in [0.717, 1.165) is 16.7 Å². The van der Waals surface area contributed by atoms with Crippen molar-refractivity contribution in [3.8, 4) is 11.1 Å². The molecule has 0 saturated heterocycles. The molecule has 0 aromatic heterocycles. The molecule has 0 heterocycles. The summed E-state index contributed by atoms with van der Waals surface area (Å²) in [6.45, 7) is 5.58. The van der Waals surface area contributed by atoms with Gasteiger partial charge in [0.15, 0.2) is 0 Å². The number of esters is 1. The van der Waals surface area contributed by atoms with E-state index < -0.39 is 35.7 Å². The zero-order valence-corrected chi connectivity index (χ0v) is 24.3. The van der Waals surface area contributed by atoms with Crippen LogP contribution in [0.1, 0.15) is 49.5 Å². The van der Waals surface area contributed by atoms with Crippen molar-refractivity contribution in [2.45, 2.75) is 51.9 Å². The summed E-state index contributed by atoms with van der Waals surface area (Å²) in [5.74, 6) is -0.864. The summed E-state index contributed by atoms with van der Waals surface area (Å²) in [7, 11) is 1.33. The molecule has 3 N–H and O–H groups in total. The van der Waals surface area contributed by atoms with Crippen LogP contribution in [0.15, 0.2) is 78.9 Å². The van der Waals surface area contributed by atoms with Crippen molar-refractivity contribution in [3.63, 3.8) is 0 Å². The molecule has 222 valence electrons. The Bertz CT molecular complexity index is 1350. The van der Waals surface area contributed by atoms with Crippen molar-refractivity contribution in [2.75, 3.05) is 19.0 Å². The maximum absolute atomic E-state index is 13.2. The number of benzene rings is 3. The zero-order valence-electron chi connectivity index (χ0n) is 24.3. The highest BCUT2D eigenvalue weighted by atomic mass is 16.6. The summed E-state index contributed by atoms with van der Waals surface area (Å²) >= 11 is 0. The van der Waals surface area contributed by atoms with Crippen LogP contribution in [0, 0.1) is 0 Å². The molecule has 0 bridgehead atoms. The van der Waals surface area contributed by atoms with E-state index in [1.54, 1.807) is 51.1 Å². The number of alkyl carbamates (subject to hydrolysis) is 2. The second kappa shape index (κ2) is 15.2. The molecular weight excluding hydrogens is 538 g/mol. The predicted octanol–water partition coefficient (Wildman–Crippen LogP) is 5.68. The molecule has 3 amide bonds. The number of carbonyl (C=O) groups is 4. The normalized spacial score (nSPS) is 11.5. The predicted molar refractivity (Wildman–Crippen MR) is 159 cm³/mol. The van der Waals surface area contributed by atoms with Gasteiger partial charge in [0, 0.05) is 12.2 Å². The topological polar surface area (TPSA) is 132 Å². The van der Waals surface area contributed by atoms with Crippen molar-refractivity contribution in [1.29, 1.82) is 0 Å². The molecule has 0 unspecified atom stereocenters. The van der Waals surface area contributed by atoms with E-state index in [4.69, 9.17) is 14.2 Å². The molecule has 3 aromatic rings. The molecule has 1 atom stereocenters. The van der Waals surface area contributed by atoms with Gasteiger partial charge in [-0.15, -0.1) is 0 Å². The van der Waals surface area contributed by atoms with Crippen LogP contribution in [-0.2, 0) is 25.6 Å². The Balaban J connectivity index is 1.58. The molecule has 0 saturated carbocycles. The Morgan fingerprint density at radius 1 is 0.833 bits per heavy atom. The summed E-state index contributed by atoms with van der Waals surface area (Å²) in [6, 6.07) is 22.5. The molecular formula is C32H37N3O7. The summed E-state index contributed by atoms with van der Waals surface area (Å²) in [6.07, 6.45) is -0.664. The first-order chi connectivity index (χ1) is 20.0. The zero-order chi connectivity index (χ0) is 30.5. The molecule has 0 aliphatic heterocycles. The monoisotopic (exact) mass is 575 g/mol. The fraction of sp³-hybridized carbons (Fsp3) is 0.312. The molecule has 10 heteroatoms. The van der Waals surface area contributed by atoms with Gasteiger partial charge in [-0.25, -0.2) is 14.4 Å². The number of nitrogens with one attached hydrogen (secondary N) is 3. The third-order valence-corrected chi connectivity index (χ3v) is 5.93. The lowest BCUT2D eigenvalue weighted by molar-refractivity contribution is -0.118. The third kappa shape index (κ3) is 10.6. The minimum absolute atomic E-state index is 0.146. The molecule has 0 radical (unpaired) electrons. The van der Waals surface area contributed by atoms with Crippen molar-refractivity contribution < 1.29 is 33.4 Å². The van der Waals surface area contributed by atoms with Crippen molar-refractivity contribution >= 4 is 29.8 Å². The van der Waals surface area contributed by atoms with E-state index in [-0.39, 0.29) is 19.6 Å². The molecule has 0 fully saturated rings. The van der Waals surface area contributed by atoms with Crippen LogP contribution in [0.4, 0.5) is 15.3 Å². The maximum Gasteiger partial charge on any atom is 0.408 e. The lowest BCUT2D eigenvalue weighted by Gasteiger charge is -2.23. The Morgan fingerprint density at radius 3 is 2.21 bits per heavy atom. The summed E-state index contributed by atoms with van der Waals surface area (Å²) in [4.78, 5) is 49.5. The standard InChI is InChI=1S/C32H37N3O7/c1-32(2,3)42-31(39)35-27(14-9-19-33-30(38)41-21-22-10-6-5-7-11-22)28(36)34-26-17-15-23(16-18-26)24-12-8-13-25(20-24)29(37)40-4/h5-8,10-13,15-18,20,27H,9,14,19,21H2,1-4H3,(H,33,38)(H,34,36)(H,35,39)/t27-/m0/s1. The highest BCUT2D eigenvalue weighted by Crippen LogP contribution is 2.23. The summed E-state index contributed by atoms with van der Waals surface area (Å²) in [5, 5.41) is 8.11. The van der Waals surface area contributed by atoms with Crippen LogP contribution in [0.3, 0.4) is 0 Å². The number of ether oxygens (including phenoxy) is 3. The Morgan fingerprint density at radius 2 is 1.55 bits per heavy atom. The first-order valence-corrected chi connectivity index (χ1v) is 13.6. The number of carbonyl (C=O) groups excluding carboxylic acids is 4. The molecule has 3 rings (SSSR count). The third-order valence-electron chi connectivity index (χ3n) is 5.93. The highest BCUT2D eigenvalue weighted by molar-refractivity contribution is 5.97. The number of hydrogen-bond acceptors (Lipinski definition) is 7. The molecule has 3 aromatic carbocycles. The van der Waals surface area contributed by atoms with Crippen LogP contribution in [-0.4, -0.2) is 49.4 Å². The van der Waals surface area contributed by atoms with Crippen LogP contribution in [0.5, 0.6) is 0 Å². The van der Waals surface area contributed by atoms with Crippen LogP contribution in [0.2, 0.25) is 0 Å². The lowest BCUT2D eigenvalue weighted by atomic mass is 10.0. The lowest BCUT2D eigenvalue weighted by Crippen LogP contribution is -2.46. The second-order valence-electron chi connectivity index (χ2n) is 10.5. The van der Waals surface area contributed by atoms with Gasteiger partial charge in [0.2, 0.25) is 5.91 Å².